The molecule has 0 saturated carbocycles. The quantitative estimate of drug-likeness (QED) is 0.266. The highest BCUT2D eigenvalue weighted by atomic mass is 16.5. The molecule has 0 aromatic heterocycles. The minimum atomic E-state index is -0.951. The van der Waals surface area contributed by atoms with Crippen molar-refractivity contribution < 1.29 is 29.0 Å². The molecular formula is C19H38NO5+. The van der Waals surface area contributed by atoms with Gasteiger partial charge < -0.3 is 19.4 Å². The summed E-state index contributed by atoms with van der Waals surface area (Å²) < 4.78 is 5.90. The number of hydrogen-bond donors (Lipinski definition) is 2. The van der Waals surface area contributed by atoms with E-state index in [4.69, 9.17) is 9.84 Å². The third kappa shape index (κ3) is 16.1. The van der Waals surface area contributed by atoms with E-state index in [0.29, 0.717) is 17.4 Å². The van der Waals surface area contributed by atoms with Crippen LogP contribution < -0.4 is 0 Å². The molecule has 0 saturated heterocycles. The maximum Gasteiger partial charge on any atom is 0.307 e. The van der Waals surface area contributed by atoms with Crippen LogP contribution in [0.3, 0.4) is 0 Å². The number of aliphatic hydroxyl groups is 1. The average molecular weight is 361 g/mol. The highest BCUT2D eigenvalue weighted by Gasteiger charge is 2.24. The van der Waals surface area contributed by atoms with Gasteiger partial charge in [-0.05, 0) is 19.3 Å². The second-order valence-corrected chi connectivity index (χ2v) is 7.93. The van der Waals surface area contributed by atoms with E-state index in [-0.39, 0.29) is 18.5 Å². The van der Waals surface area contributed by atoms with Crippen LogP contribution in [0.2, 0.25) is 0 Å². The molecule has 0 aliphatic rings. The Kier molecular flexibility index (Phi) is 12.5. The van der Waals surface area contributed by atoms with E-state index in [1.165, 1.54) is 0 Å². The number of hydrogen-bond acceptors (Lipinski definition) is 4. The second kappa shape index (κ2) is 13.1. The number of aliphatic carboxylic acids is 1. The normalized spacial score (nSPS) is 14.1. The van der Waals surface area contributed by atoms with E-state index in [0.717, 1.165) is 51.4 Å². The van der Waals surface area contributed by atoms with Crippen molar-refractivity contribution in [2.45, 2.75) is 83.3 Å². The van der Waals surface area contributed by atoms with Crippen molar-refractivity contribution in [3.05, 3.63) is 0 Å². The number of ether oxygens (including phenoxy) is 1. The summed E-state index contributed by atoms with van der Waals surface area (Å²) in [7, 11) is 5.83. The van der Waals surface area contributed by atoms with Crippen LogP contribution in [0.25, 0.3) is 0 Å². The van der Waals surface area contributed by atoms with E-state index in [1.54, 1.807) is 0 Å². The Bertz CT molecular complexity index is 379. The Labute approximate surface area is 152 Å². The van der Waals surface area contributed by atoms with Gasteiger partial charge in [0.25, 0.3) is 0 Å². The molecule has 0 aromatic carbocycles. The number of nitrogens with zero attached hydrogens (tertiary/aromatic N) is 1. The van der Waals surface area contributed by atoms with Crippen molar-refractivity contribution in [3.63, 3.8) is 0 Å². The number of esters is 1. The molecule has 0 heterocycles. The van der Waals surface area contributed by atoms with Crippen LogP contribution in [0.4, 0.5) is 0 Å². The van der Waals surface area contributed by atoms with Crippen LogP contribution in [0, 0.1) is 0 Å². The number of quaternary nitrogens is 1. The summed E-state index contributed by atoms with van der Waals surface area (Å²) in [5.41, 5.74) is 0. The number of aliphatic hydroxyl groups excluding tert-OH is 1. The summed E-state index contributed by atoms with van der Waals surface area (Å²) in [5.74, 6) is -1.27. The van der Waals surface area contributed by atoms with Gasteiger partial charge in [0.1, 0.15) is 6.54 Å². The molecule has 2 atom stereocenters. The molecule has 0 spiro atoms. The maximum atomic E-state index is 11.9. The van der Waals surface area contributed by atoms with E-state index < -0.39 is 12.1 Å². The summed E-state index contributed by atoms with van der Waals surface area (Å²) in [4.78, 5) is 22.8. The van der Waals surface area contributed by atoms with Crippen molar-refractivity contribution in [2.75, 3.05) is 27.7 Å². The van der Waals surface area contributed by atoms with Crippen molar-refractivity contribution in [1.29, 1.82) is 0 Å². The number of carboxylic acids is 1. The number of rotatable bonds is 15. The zero-order valence-electron chi connectivity index (χ0n) is 16.5. The Hall–Kier alpha value is -1.14. The van der Waals surface area contributed by atoms with Crippen molar-refractivity contribution >= 4 is 11.9 Å². The third-order valence-electron chi connectivity index (χ3n) is 4.01. The Morgan fingerprint density at radius 1 is 1.00 bits per heavy atom. The first-order valence-corrected chi connectivity index (χ1v) is 9.53. The topological polar surface area (TPSA) is 83.8 Å². The SMILES string of the molecule is CCCCC(O)CCCCCCC(=O)OC(CC(=O)O)C[N+](C)(C)C. The summed E-state index contributed by atoms with van der Waals surface area (Å²) in [6.45, 7) is 2.60. The zero-order chi connectivity index (χ0) is 19.3. The number of carboxylic acid groups (broad SMARTS) is 1. The van der Waals surface area contributed by atoms with Crippen molar-refractivity contribution in [1.82, 2.24) is 0 Å². The van der Waals surface area contributed by atoms with Crippen molar-refractivity contribution in [2.24, 2.45) is 0 Å². The minimum absolute atomic E-state index is 0.156. The van der Waals surface area contributed by atoms with Gasteiger partial charge in [-0.25, -0.2) is 0 Å². The highest BCUT2D eigenvalue weighted by molar-refractivity contribution is 5.71. The van der Waals surface area contributed by atoms with Crippen LogP contribution in [0.1, 0.15) is 71.1 Å². The second-order valence-electron chi connectivity index (χ2n) is 7.93. The van der Waals surface area contributed by atoms with Gasteiger partial charge in [-0.3, -0.25) is 9.59 Å². The first-order chi connectivity index (χ1) is 11.6. The first kappa shape index (κ1) is 23.9. The van der Waals surface area contributed by atoms with Gasteiger partial charge in [0.05, 0.1) is 33.7 Å². The monoisotopic (exact) mass is 360 g/mol. The molecule has 2 N–H and O–H groups in total. The standard InChI is InChI=1S/C19H37NO5/c1-5-6-11-16(21)12-9-7-8-10-13-19(24)25-17(14-18(22)23)15-20(2,3)4/h16-17,21H,5-15H2,1-4H3/p+1. The molecule has 0 radical (unpaired) electrons. The predicted octanol–water partition coefficient (Wildman–Crippen LogP) is 2.97. The predicted molar refractivity (Wildman–Crippen MR) is 98.3 cm³/mol. The van der Waals surface area contributed by atoms with Gasteiger partial charge in [-0.15, -0.1) is 0 Å². The number of unbranched alkanes of at least 4 members (excludes halogenated alkanes) is 4. The van der Waals surface area contributed by atoms with Gasteiger partial charge in [0.2, 0.25) is 0 Å². The lowest BCUT2D eigenvalue weighted by atomic mass is 10.0. The smallest absolute Gasteiger partial charge is 0.307 e. The van der Waals surface area contributed by atoms with Gasteiger partial charge in [-0.1, -0.05) is 39.0 Å². The molecule has 0 fully saturated rings. The molecule has 0 rings (SSSR count). The Morgan fingerprint density at radius 2 is 1.60 bits per heavy atom. The molecule has 148 valence electrons. The summed E-state index contributed by atoms with van der Waals surface area (Å²) >= 11 is 0. The fourth-order valence-corrected chi connectivity index (χ4v) is 2.78. The molecule has 0 aromatic rings. The minimum Gasteiger partial charge on any atom is -0.481 e. The highest BCUT2D eigenvalue weighted by Crippen LogP contribution is 2.13. The molecule has 6 heteroatoms. The van der Waals surface area contributed by atoms with Crippen molar-refractivity contribution in [3.8, 4) is 0 Å². The lowest BCUT2D eigenvalue weighted by Gasteiger charge is -2.28. The Balaban J connectivity index is 3.90. The van der Waals surface area contributed by atoms with Crippen LogP contribution >= 0.6 is 0 Å². The van der Waals surface area contributed by atoms with E-state index in [9.17, 15) is 14.7 Å². The van der Waals surface area contributed by atoms with Crippen LogP contribution in [-0.4, -0.2) is 66.5 Å². The molecule has 0 aliphatic carbocycles. The van der Waals surface area contributed by atoms with Gasteiger partial charge in [-0.2, -0.15) is 0 Å². The van der Waals surface area contributed by atoms with E-state index in [1.807, 2.05) is 21.1 Å². The molecule has 0 amide bonds. The molecule has 6 nitrogen and oxygen atoms in total. The van der Waals surface area contributed by atoms with E-state index >= 15 is 0 Å². The first-order valence-electron chi connectivity index (χ1n) is 9.53. The lowest BCUT2D eigenvalue weighted by Crippen LogP contribution is -2.43. The average Bonchev–Trinajstić information content (AvgIpc) is 2.46. The largest absolute Gasteiger partial charge is 0.481 e. The summed E-state index contributed by atoms with van der Waals surface area (Å²) in [6.07, 6.45) is 6.90. The molecular weight excluding hydrogens is 322 g/mol. The third-order valence-corrected chi connectivity index (χ3v) is 4.01. The van der Waals surface area contributed by atoms with Crippen LogP contribution in [0.15, 0.2) is 0 Å². The number of carbonyl (C=O) groups excluding carboxylic acids is 1. The molecule has 2 unspecified atom stereocenters. The molecule has 0 bridgehead atoms. The fourth-order valence-electron chi connectivity index (χ4n) is 2.78. The number of likely N-dealkylation sites (N-methyl/N-ethyl adjacent to an activating group) is 1. The van der Waals surface area contributed by atoms with Gasteiger partial charge in [0, 0.05) is 6.42 Å². The molecule has 25 heavy (non-hydrogen) atoms. The fraction of sp³-hybridized carbons (Fsp3) is 0.895. The lowest BCUT2D eigenvalue weighted by molar-refractivity contribution is -0.873. The summed E-state index contributed by atoms with van der Waals surface area (Å²) in [6, 6.07) is 0. The summed E-state index contributed by atoms with van der Waals surface area (Å²) in [5, 5.41) is 18.7. The van der Waals surface area contributed by atoms with Gasteiger partial charge in [0.15, 0.2) is 6.10 Å². The van der Waals surface area contributed by atoms with Crippen LogP contribution in [0.5, 0.6) is 0 Å². The van der Waals surface area contributed by atoms with E-state index in [2.05, 4.69) is 6.92 Å². The molecule has 0 aliphatic heterocycles. The van der Waals surface area contributed by atoms with Crippen LogP contribution in [-0.2, 0) is 14.3 Å². The Morgan fingerprint density at radius 3 is 2.16 bits per heavy atom. The number of carbonyl (C=O) groups is 2. The van der Waals surface area contributed by atoms with Gasteiger partial charge >= 0.3 is 11.9 Å². The zero-order valence-corrected chi connectivity index (χ0v) is 16.5. The maximum absolute atomic E-state index is 11.9.